The van der Waals surface area contributed by atoms with Crippen molar-refractivity contribution in [1.82, 2.24) is 0 Å². The lowest BCUT2D eigenvalue weighted by Crippen LogP contribution is -2.43. The Hall–Kier alpha value is -7.81. The maximum absolute atomic E-state index is 15.3. The van der Waals surface area contributed by atoms with Crippen LogP contribution in [-0.2, 0) is 31.0 Å². The number of allylic oxidation sites excluding steroid dienone is 7. The van der Waals surface area contributed by atoms with E-state index in [4.69, 9.17) is 14.2 Å². The first-order valence-corrected chi connectivity index (χ1v) is 22.0. The third-order valence-electron chi connectivity index (χ3n) is 12.2. The molecule has 0 N–H and O–H groups in total. The Balaban J connectivity index is 1.06. The number of hydrogen-bond acceptors (Lipinski definition) is 8. The van der Waals surface area contributed by atoms with E-state index in [0.29, 0.717) is 38.1 Å². The van der Waals surface area contributed by atoms with Crippen LogP contribution in [0, 0.1) is 39.4 Å². The maximum Gasteiger partial charge on any atom is 0.437 e. The van der Waals surface area contributed by atoms with E-state index in [1.807, 2.05) is 60.7 Å². The van der Waals surface area contributed by atoms with Crippen LogP contribution in [0.25, 0.3) is 27.6 Å². The quantitative estimate of drug-likeness (QED) is 0.0614. The molecule has 7 rings (SSSR count). The number of aryl methyl sites for hydroxylation is 1. The normalized spacial score (nSPS) is 17.7. The average molecular weight is 899 g/mol. The Kier molecular flexibility index (Phi) is 14.2. The fourth-order valence-electron chi connectivity index (χ4n) is 9.09. The van der Waals surface area contributed by atoms with Gasteiger partial charge in [0.1, 0.15) is 36.1 Å². The van der Waals surface area contributed by atoms with Crippen LogP contribution in [0.15, 0.2) is 173 Å². The standard InChI is InChI=1S/C56H49F3N4O4/c1-5-63(30-31-66-51(64)29-28-48-46-19-11-9-14-39(46)32-40-15-10-12-20-47(40)48)45-26-23-38(24-27-45)22-25-42-34-54(2,3)33-41(52(42)65-4)16-13-21-50-49(37-62)53(43(35-60)36-61)67-55(50,56(57,58)59)44-17-7-6-8-18-44/h6-27,32H,5,28-31,33-34H2,1-4H3/b21-13+,25-22+,41-16+. The molecule has 1 unspecified atom stereocenters. The highest BCUT2D eigenvalue weighted by Gasteiger charge is 2.65. The van der Waals surface area contributed by atoms with E-state index in [9.17, 15) is 20.6 Å². The van der Waals surface area contributed by atoms with Crippen LogP contribution in [0.2, 0.25) is 0 Å². The number of nitrogens with zero attached hydrogens (tertiary/aromatic N) is 4. The van der Waals surface area contributed by atoms with Crippen LogP contribution in [-0.4, -0.2) is 39.0 Å². The van der Waals surface area contributed by atoms with Crippen molar-refractivity contribution in [2.75, 3.05) is 31.7 Å². The number of nitriles is 3. The second-order valence-corrected chi connectivity index (χ2v) is 17.1. The van der Waals surface area contributed by atoms with Crippen molar-refractivity contribution in [2.45, 2.75) is 58.2 Å². The van der Waals surface area contributed by atoms with Crippen LogP contribution in [0.3, 0.4) is 0 Å². The maximum atomic E-state index is 15.3. The van der Waals surface area contributed by atoms with Crippen molar-refractivity contribution < 1.29 is 32.2 Å². The summed E-state index contributed by atoms with van der Waals surface area (Å²) in [7, 11) is 1.55. The van der Waals surface area contributed by atoms with Crippen molar-refractivity contribution in [3.05, 3.63) is 190 Å². The molecule has 0 saturated carbocycles. The highest BCUT2D eigenvalue weighted by molar-refractivity contribution is 6.02. The van der Waals surface area contributed by atoms with E-state index in [-0.39, 0.29) is 30.0 Å². The molecule has 0 saturated heterocycles. The summed E-state index contributed by atoms with van der Waals surface area (Å²) < 4.78 is 63.2. The molecule has 0 aromatic heterocycles. The Morgan fingerprint density at radius 2 is 1.49 bits per heavy atom. The average Bonchev–Trinajstić information content (AvgIpc) is 3.66. The van der Waals surface area contributed by atoms with Gasteiger partial charge in [-0.2, -0.15) is 29.0 Å². The number of likely N-dealkylation sites (N-methyl/N-ethyl adjacent to an activating group) is 1. The number of carbonyl (C=O) groups excluding carboxylic acids is 1. The molecule has 0 spiro atoms. The van der Waals surface area contributed by atoms with Gasteiger partial charge in [0.25, 0.3) is 5.60 Å². The lowest BCUT2D eigenvalue weighted by Gasteiger charge is -2.34. The summed E-state index contributed by atoms with van der Waals surface area (Å²) in [5.74, 6) is -0.385. The second-order valence-electron chi connectivity index (χ2n) is 17.1. The number of hydrogen-bond donors (Lipinski definition) is 0. The van der Waals surface area contributed by atoms with E-state index >= 15 is 13.2 Å². The van der Waals surface area contributed by atoms with Crippen LogP contribution >= 0.6 is 0 Å². The Morgan fingerprint density at radius 1 is 0.851 bits per heavy atom. The van der Waals surface area contributed by atoms with Gasteiger partial charge in [0.15, 0.2) is 11.3 Å². The molecule has 338 valence electrons. The van der Waals surface area contributed by atoms with E-state index < -0.39 is 34.3 Å². The predicted molar refractivity (Wildman–Crippen MR) is 255 cm³/mol. The SMILES string of the molecule is CCN(CCOC(=O)CCc1c2ccccc2cc2ccccc12)c1ccc(/C=C/C2=C(OC)C(=C/C=C/C3=C(C#N)C(=C(C#N)C#N)OC3(c3ccccc3)C(F)(F)F)/CC(C)(C)C2)cc1. The third-order valence-corrected chi connectivity index (χ3v) is 12.2. The molecule has 0 bridgehead atoms. The topological polar surface area (TPSA) is 119 Å². The largest absolute Gasteiger partial charge is 0.496 e. The minimum atomic E-state index is -5.10. The molecule has 0 amide bonds. The summed E-state index contributed by atoms with van der Waals surface area (Å²) in [5, 5.41) is 34.0. The molecule has 1 aliphatic heterocycles. The van der Waals surface area contributed by atoms with E-state index in [0.717, 1.165) is 55.6 Å². The van der Waals surface area contributed by atoms with Crippen LogP contribution in [0.1, 0.15) is 56.7 Å². The molecule has 5 aromatic rings. The molecule has 1 heterocycles. The van der Waals surface area contributed by atoms with Crippen molar-refractivity contribution in [2.24, 2.45) is 5.41 Å². The number of benzene rings is 5. The van der Waals surface area contributed by atoms with Crippen LogP contribution in [0.5, 0.6) is 0 Å². The molecular formula is C56H49F3N4O4. The first-order valence-electron chi connectivity index (χ1n) is 22.0. The number of halogens is 3. The summed E-state index contributed by atoms with van der Waals surface area (Å²) in [5.41, 5.74) is -0.890. The van der Waals surface area contributed by atoms with Gasteiger partial charge in [-0.15, -0.1) is 0 Å². The Bertz CT molecular complexity index is 2940. The Morgan fingerprint density at radius 3 is 2.09 bits per heavy atom. The molecule has 0 fully saturated rings. The molecule has 0 radical (unpaired) electrons. The number of esters is 1. The smallest absolute Gasteiger partial charge is 0.437 e. The zero-order valence-electron chi connectivity index (χ0n) is 37.8. The molecule has 2 aliphatic rings. The Labute approximate surface area is 389 Å². The van der Waals surface area contributed by atoms with Gasteiger partial charge >= 0.3 is 12.1 Å². The van der Waals surface area contributed by atoms with Gasteiger partial charge in [-0.3, -0.25) is 4.79 Å². The molecule has 67 heavy (non-hydrogen) atoms. The van der Waals surface area contributed by atoms with E-state index in [1.54, 1.807) is 37.5 Å². The molecule has 5 aromatic carbocycles. The summed E-state index contributed by atoms with van der Waals surface area (Å²) >= 11 is 0. The number of anilines is 1. The lowest BCUT2D eigenvalue weighted by molar-refractivity contribution is -0.249. The first-order chi connectivity index (χ1) is 32.3. The van der Waals surface area contributed by atoms with Gasteiger partial charge in [0, 0.05) is 29.8 Å². The first kappa shape index (κ1) is 47.2. The van der Waals surface area contributed by atoms with Crippen LogP contribution in [0.4, 0.5) is 18.9 Å². The zero-order valence-corrected chi connectivity index (χ0v) is 37.8. The monoisotopic (exact) mass is 898 g/mol. The number of carbonyl (C=O) groups is 1. The minimum absolute atomic E-state index is 0.239. The number of alkyl halides is 3. The van der Waals surface area contributed by atoms with Crippen molar-refractivity contribution >= 4 is 39.3 Å². The van der Waals surface area contributed by atoms with Gasteiger partial charge in [0.05, 0.1) is 13.7 Å². The summed E-state index contributed by atoms with van der Waals surface area (Å²) in [6.07, 6.45) is 5.18. The number of fused-ring (bicyclic) bond motifs is 2. The molecule has 8 nitrogen and oxygen atoms in total. The fourth-order valence-corrected chi connectivity index (χ4v) is 9.09. The third kappa shape index (κ3) is 9.91. The fraction of sp³-hybridized carbons (Fsp3) is 0.250. The van der Waals surface area contributed by atoms with Crippen LogP contribution < -0.4 is 4.90 Å². The molecule has 1 atom stereocenters. The van der Waals surface area contributed by atoms with Gasteiger partial charge in [-0.1, -0.05) is 135 Å². The predicted octanol–water partition coefficient (Wildman–Crippen LogP) is 12.8. The highest BCUT2D eigenvalue weighted by Crippen LogP contribution is 2.56. The summed E-state index contributed by atoms with van der Waals surface area (Å²) in [4.78, 5) is 15.1. The van der Waals surface area contributed by atoms with Gasteiger partial charge < -0.3 is 19.1 Å². The van der Waals surface area contributed by atoms with E-state index in [1.165, 1.54) is 30.3 Å². The highest BCUT2D eigenvalue weighted by atomic mass is 19.4. The molecule has 11 heteroatoms. The summed E-state index contributed by atoms with van der Waals surface area (Å²) in [6, 6.07) is 38.5. The second kappa shape index (κ2) is 20.1. The van der Waals surface area contributed by atoms with Gasteiger partial charge in [-0.25, -0.2) is 0 Å². The molecule has 1 aliphatic carbocycles. The number of methoxy groups -OCH3 is 1. The summed E-state index contributed by atoms with van der Waals surface area (Å²) in [6.45, 7) is 7.73. The number of ether oxygens (including phenoxy) is 3. The number of rotatable bonds is 14. The molecular weight excluding hydrogens is 850 g/mol. The van der Waals surface area contributed by atoms with Crippen molar-refractivity contribution in [3.8, 4) is 18.2 Å². The van der Waals surface area contributed by atoms with Gasteiger partial charge in [-0.05, 0) is 93.6 Å². The van der Waals surface area contributed by atoms with Crippen molar-refractivity contribution in [3.63, 3.8) is 0 Å². The van der Waals surface area contributed by atoms with Crippen molar-refractivity contribution in [1.29, 1.82) is 15.8 Å². The van der Waals surface area contributed by atoms with Gasteiger partial charge in [0.2, 0.25) is 0 Å². The lowest BCUT2D eigenvalue weighted by atomic mass is 9.74. The zero-order chi connectivity index (χ0) is 47.8. The minimum Gasteiger partial charge on any atom is -0.496 e. The van der Waals surface area contributed by atoms with E-state index in [2.05, 4.69) is 56.0 Å².